The van der Waals surface area contributed by atoms with Crippen LogP contribution in [0.2, 0.25) is 0 Å². The van der Waals surface area contributed by atoms with Gasteiger partial charge in [-0.15, -0.1) is 0 Å². The molecule has 0 aliphatic carbocycles. The largest absolute Gasteiger partial charge is 0.461 e. The number of amides is 2. The van der Waals surface area contributed by atoms with E-state index in [0.717, 1.165) is 173 Å². The summed E-state index contributed by atoms with van der Waals surface area (Å²) in [6.45, 7) is 11.9. The van der Waals surface area contributed by atoms with Crippen LogP contribution in [0.1, 0.15) is 336 Å². The van der Waals surface area contributed by atoms with Gasteiger partial charge >= 0.3 is 23.9 Å². The highest BCUT2D eigenvalue weighted by Gasteiger charge is 2.27. The van der Waals surface area contributed by atoms with E-state index >= 15 is 0 Å². The Balaban J connectivity index is 5.26. The van der Waals surface area contributed by atoms with Gasteiger partial charge in [-0.3, -0.25) is 28.8 Å². The minimum atomic E-state index is -0.525. The summed E-state index contributed by atoms with van der Waals surface area (Å²) in [5, 5.41) is -0.577. The van der Waals surface area contributed by atoms with Crippen molar-refractivity contribution in [2.75, 3.05) is 85.6 Å². The molecule has 0 aliphatic rings. The van der Waals surface area contributed by atoms with Crippen LogP contribution >= 0.6 is 23.5 Å². The first kappa shape index (κ1) is 89.2. The molecule has 0 aromatic heterocycles. The lowest BCUT2D eigenvalue weighted by atomic mass is 10.0. The molecule has 0 aliphatic heterocycles. The van der Waals surface area contributed by atoms with Crippen LogP contribution in [0.15, 0.2) is 12.2 Å². The van der Waals surface area contributed by atoms with Crippen molar-refractivity contribution in [3.63, 3.8) is 0 Å². The molecular formula is C76H144N4O10S2. The van der Waals surface area contributed by atoms with E-state index in [0.29, 0.717) is 11.5 Å². The SMILES string of the molecule is CCCCCC/C=C\COC(=O)CN(CC(=O)OC(CCCCCCCC)CCCCCCCCCCCCCCCC(CCCCCCC)OC(=O)CN(CC(=O)OC(CCCCCCC)CCCCCCC)C(=O)SCCCN(C)C)C(=O)SCCCN(C)C. The summed E-state index contributed by atoms with van der Waals surface area (Å²) >= 11 is 2.31. The number of allylic oxidation sites excluding steroid dienone is 1. The highest BCUT2D eigenvalue weighted by molar-refractivity contribution is 8.13. The average Bonchev–Trinajstić information content (AvgIpc) is 1.68. The van der Waals surface area contributed by atoms with E-state index < -0.39 is 23.9 Å². The van der Waals surface area contributed by atoms with Crippen molar-refractivity contribution in [1.82, 2.24) is 19.6 Å². The Morgan fingerprint density at radius 1 is 0.315 bits per heavy atom. The van der Waals surface area contributed by atoms with Crippen LogP contribution in [0, 0.1) is 0 Å². The lowest BCUT2D eigenvalue weighted by Crippen LogP contribution is -2.40. The number of hydrogen-bond acceptors (Lipinski definition) is 14. The fraction of sp³-hybridized carbons (Fsp3) is 0.895. The van der Waals surface area contributed by atoms with Crippen molar-refractivity contribution < 1.29 is 47.7 Å². The third-order valence-corrected chi connectivity index (χ3v) is 19.2. The Labute approximate surface area is 574 Å². The number of carbonyl (C=O) groups excluding carboxylic acids is 6. The van der Waals surface area contributed by atoms with Crippen LogP contribution in [-0.4, -0.2) is 158 Å². The molecule has 0 saturated carbocycles. The van der Waals surface area contributed by atoms with Gasteiger partial charge in [-0.05, 0) is 144 Å². The Morgan fingerprint density at radius 2 is 0.565 bits per heavy atom. The summed E-state index contributed by atoms with van der Waals surface area (Å²) in [6, 6.07) is 0. The number of thioether (sulfide) groups is 2. The molecule has 2 atom stereocenters. The standard InChI is InChI=1S/C76H144N4O10S2/c1-10-15-20-25-36-43-50-61-87-71(81)64-79(75(85)91-62-51-59-77(6)7)65-72(82)88-70(56-47-40-26-21-16-11-2)58-49-42-35-33-31-29-27-28-30-32-34-41-48-57-69(55-46-39-24-19-14-5)90-74(84)67-80(76(86)92-63-52-60-78(8)9)66-73(83)89-68(53-44-37-22-17-12-3)54-45-38-23-18-13-4/h43,50,68-70H,10-42,44-49,51-67H2,1-9H3/b50-43-. The van der Waals surface area contributed by atoms with Gasteiger partial charge in [0.05, 0.1) is 0 Å². The van der Waals surface area contributed by atoms with Crippen LogP contribution in [0.5, 0.6) is 0 Å². The second kappa shape index (κ2) is 66.8. The van der Waals surface area contributed by atoms with Crippen LogP contribution in [0.3, 0.4) is 0 Å². The number of rotatable bonds is 67. The fourth-order valence-corrected chi connectivity index (χ4v) is 13.1. The first-order valence-electron chi connectivity index (χ1n) is 38.2. The van der Waals surface area contributed by atoms with Gasteiger partial charge in [0.25, 0.3) is 10.5 Å². The van der Waals surface area contributed by atoms with Crippen molar-refractivity contribution in [3.8, 4) is 0 Å². The predicted octanol–water partition coefficient (Wildman–Crippen LogP) is 20.7. The molecule has 0 aromatic rings. The second-order valence-electron chi connectivity index (χ2n) is 26.9. The Kier molecular flexibility index (Phi) is 64.7. The van der Waals surface area contributed by atoms with E-state index in [1.165, 1.54) is 176 Å². The fourth-order valence-electron chi connectivity index (χ4n) is 11.5. The van der Waals surface area contributed by atoms with E-state index in [4.69, 9.17) is 18.9 Å². The molecule has 92 heavy (non-hydrogen) atoms. The summed E-state index contributed by atoms with van der Waals surface area (Å²) in [5.41, 5.74) is 0. The molecule has 0 aromatic carbocycles. The zero-order chi connectivity index (χ0) is 67.8. The monoisotopic (exact) mass is 1340 g/mol. The molecule has 0 fully saturated rings. The summed E-state index contributed by atoms with van der Waals surface area (Å²) in [5.74, 6) is -0.651. The minimum Gasteiger partial charge on any atom is -0.461 e. The second-order valence-corrected chi connectivity index (χ2v) is 29.0. The maximum absolute atomic E-state index is 13.8. The van der Waals surface area contributed by atoms with E-state index in [1.54, 1.807) is 0 Å². The minimum absolute atomic E-state index is 0.150. The predicted molar refractivity (Wildman–Crippen MR) is 391 cm³/mol. The first-order valence-corrected chi connectivity index (χ1v) is 40.2. The van der Waals surface area contributed by atoms with Crippen molar-refractivity contribution in [2.24, 2.45) is 0 Å². The lowest BCUT2D eigenvalue weighted by molar-refractivity contribution is -0.154. The molecular weight excluding hydrogens is 1190 g/mol. The van der Waals surface area contributed by atoms with E-state index in [1.807, 2.05) is 40.3 Å². The van der Waals surface area contributed by atoms with Gasteiger partial charge in [0.1, 0.15) is 51.1 Å². The number of esters is 4. The van der Waals surface area contributed by atoms with Crippen molar-refractivity contribution in [1.29, 1.82) is 0 Å². The van der Waals surface area contributed by atoms with E-state index in [-0.39, 0.29) is 61.6 Å². The Hall–Kier alpha value is -2.82. The topological polar surface area (TPSA) is 152 Å². The highest BCUT2D eigenvalue weighted by atomic mass is 32.2. The maximum Gasteiger partial charge on any atom is 0.326 e. The summed E-state index contributed by atoms with van der Waals surface area (Å²) in [4.78, 5) is 87.9. The van der Waals surface area contributed by atoms with Crippen molar-refractivity contribution in [3.05, 3.63) is 12.2 Å². The van der Waals surface area contributed by atoms with Crippen molar-refractivity contribution in [2.45, 2.75) is 355 Å². The lowest BCUT2D eigenvalue weighted by Gasteiger charge is -2.25. The van der Waals surface area contributed by atoms with Gasteiger partial charge in [-0.1, -0.05) is 269 Å². The number of ether oxygens (including phenoxy) is 4. The molecule has 0 spiro atoms. The average molecular weight is 1340 g/mol. The third kappa shape index (κ3) is 59.7. The molecule has 0 heterocycles. The summed E-state index contributed by atoms with van der Waals surface area (Å²) in [6.07, 6.45) is 54.8. The van der Waals surface area contributed by atoms with Crippen molar-refractivity contribution >= 4 is 57.9 Å². The maximum atomic E-state index is 13.8. The summed E-state index contributed by atoms with van der Waals surface area (Å²) < 4.78 is 23.9. The Morgan fingerprint density at radius 3 is 0.837 bits per heavy atom. The van der Waals surface area contributed by atoms with E-state index in [2.05, 4.69) is 44.4 Å². The molecule has 0 saturated heterocycles. The van der Waals surface area contributed by atoms with Crippen LogP contribution in [0.4, 0.5) is 9.59 Å². The quantitative estimate of drug-likeness (QED) is 0.0246. The molecule has 2 amide bonds. The Bertz CT molecular complexity index is 1760. The van der Waals surface area contributed by atoms with Gasteiger partial charge in [-0.25, -0.2) is 0 Å². The van der Waals surface area contributed by atoms with Gasteiger partial charge in [-0.2, -0.15) is 0 Å². The van der Waals surface area contributed by atoms with Gasteiger partial charge < -0.3 is 38.5 Å². The van der Waals surface area contributed by atoms with E-state index in [9.17, 15) is 28.8 Å². The van der Waals surface area contributed by atoms with Gasteiger partial charge in [0, 0.05) is 11.5 Å². The van der Waals surface area contributed by atoms with Crippen LogP contribution in [-0.2, 0) is 38.1 Å². The molecule has 2 unspecified atom stereocenters. The number of nitrogens with zero attached hydrogens (tertiary/aromatic N) is 4. The normalized spacial score (nSPS) is 12.3. The number of hydrogen-bond donors (Lipinski definition) is 0. The molecule has 540 valence electrons. The zero-order valence-corrected chi connectivity index (χ0v) is 62.8. The number of unbranched alkanes of at least 4 members (excludes halogenated alkanes) is 33. The molecule has 0 bridgehead atoms. The molecule has 0 radical (unpaired) electrons. The molecule has 0 rings (SSSR count). The highest BCUT2D eigenvalue weighted by Crippen LogP contribution is 2.23. The summed E-state index contributed by atoms with van der Waals surface area (Å²) in [7, 11) is 8.03. The van der Waals surface area contributed by atoms with Crippen LogP contribution in [0.25, 0.3) is 0 Å². The molecule has 14 nitrogen and oxygen atoms in total. The zero-order valence-electron chi connectivity index (χ0n) is 61.2. The smallest absolute Gasteiger partial charge is 0.326 e. The third-order valence-electron chi connectivity index (χ3n) is 17.2. The first-order chi connectivity index (χ1) is 44.7. The molecule has 0 N–H and O–H groups in total. The molecule has 16 heteroatoms. The van der Waals surface area contributed by atoms with Gasteiger partial charge in [0.2, 0.25) is 0 Å². The van der Waals surface area contributed by atoms with Gasteiger partial charge in [0.15, 0.2) is 0 Å². The van der Waals surface area contributed by atoms with Crippen LogP contribution < -0.4 is 0 Å². The number of carbonyl (C=O) groups is 6.